The van der Waals surface area contributed by atoms with Gasteiger partial charge in [-0.3, -0.25) is 9.98 Å². The summed E-state index contributed by atoms with van der Waals surface area (Å²) in [5.74, 6) is 2.53. The zero-order valence-electron chi connectivity index (χ0n) is 15.9. The van der Waals surface area contributed by atoms with Crippen LogP contribution in [0, 0.1) is 11.8 Å². The highest BCUT2D eigenvalue weighted by Gasteiger charge is 2.30. The molecule has 1 aromatic heterocycles. The zero-order valence-corrected chi connectivity index (χ0v) is 16.7. The fraction of sp³-hybridized carbons (Fsp3) is 0.700. The fourth-order valence-corrected chi connectivity index (χ4v) is 5.93. The molecule has 3 aliphatic rings. The molecule has 27 heavy (non-hydrogen) atoms. The van der Waals surface area contributed by atoms with Crippen molar-refractivity contribution >= 4 is 15.8 Å². The van der Waals surface area contributed by atoms with E-state index >= 15 is 0 Å². The van der Waals surface area contributed by atoms with E-state index in [4.69, 9.17) is 4.99 Å². The lowest BCUT2D eigenvalue weighted by molar-refractivity contribution is 0.258. The van der Waals surface area contributed by atoms with Gasteiger partial charge in [-0.2, -0.15) is 0 Å². The molecule has 3 fully saturated rings. The third-order valence-electron chi connectivity index (χ3n) is 5.90. The molecule has 1 aromatic rings. The van der Waals surface area contributed by atoms with Crippen LogP contribution in [0.4, 0.5) is 0 Å². The molecule has 7 heteroatoms. The number of hydrogen-bond acceptors (Lipinski definition) is 4. The molecule has 0 amide bonds. The predicted octanol–water partition coefficient (Wildman–Crippen LogP) is 1.88. The van der Waals surface area contributed by atoms with Gasteiger partial charge in [-0.15, -0.1) is 0 Å². The maximum atomic E-state index is 11.7. The van der Waals surface area contributed by atoms with Crippen LogP contribution in [0.1, 0.15) is 37.7 Å². The first-order chi connectivity index (χ1) is 13.1. The van der Waals surface area contributed by atoms with Crippen LogP contribution in [0.2, 0.25) is 0 Å². The second-order valence-corrected chi connectivity index (χ2v) is 10.6. The summed E-state index contributed by atoms with van der Waals surface area (Å²) in [6.07, 6.45) is 10.4. The maximum absolute atomic E-state index is 11.7. The van der Waals surface area contributed by atoms with Gasteiger partial charge in [0.05, 0.1) is 11.5 Å². The standard InChI is InChI=1S/C20H30N4O2S/c25-27(26)11-7-18(15-27)14-22-20(23-19-3-4-19)24-9-5-16(6-10-24)12-17-2-1-8-21-13-17/h1-2,8,13,16,18-19H,3-7,9-12,14-15H2,(H,22,23). The lowest BCUT2D eigenvalue weighted by atomic mass is 9.91. The van der Waals surface area contributed by atoms with Crippen LogP contribution < -0.4 is 5.32 Å². The number of piperidine rings is 1. The number of sulfone groups is 1. The van der Waals surface area contributed by atoms with Gasteiger partial charge >= 0.3 is 0 Å². The Hall–Kier alpha value is -1.63. The predicted molar refractivity (Wildman–Crippen MR) is 107 cm³/mol. The fourth-order valence-electron chi connectivity index (χ4n) is 4.08. The molecule has 2 aliphatic heterocycles. The van der Waals surface area contributed by atoms with E-state index in [9.17, 15) is 8.42 Å². The average Bonchev–Trinajstić information content (AvgIpc) is 3.42. The van der Waals surface area contributed by atoms with Gasteiger partial charge in [0.15, 0.2) is 15.8 Å². The molecule has 2 saturated heterocycles. The molecule has 4 rings (SSSR count). The molecule has 1 saturated carbocycles. The van der Waals surface area contributed by atoms with Crippen LogP contribution in [-0.2, 0) is 16.3 Å². The Balaban J connectivity index is 1.32. The molecule has 148 valence electrons. The highest BCUT2D eigenvalue weighted by Crippen LogP contribution is 2.24. The van der Waals surface area contributed by atoms with E-state index in [1.807, 2.05) is 18.5 Å². The number of hydrogen-bond donors (Lipinski definition) is 1. The van der Waals surface area contributed by atoms with Crippen LogP contribution in [-0.4, -0.2) is 61.4 Å². The largest absolute Gasteiger partial charge is 0.354 e. The number of aromatic nitrogens is 1. The minimum atomic E-state index is -2.82. The number of nitrogens with one attached hydrogen (secondary N) is 1. The van der Waals surface area contributed by atoms with E-state index in [0.29, 0.717) is 30.0 Å². The molecule has 1 N–H and O–H groups in total. The molecule has 6 nitrogen and oxygen atoms in total. The normalized spacial score (nSPS) is 26.3. The third-order valence-corrected chi connectivity index (χ3v) is 7.73. The van der Waals surface area contributed by atoms with Crippen molar-refractivity contribution in [3.05, 3.63) is 30.1 Å². The topological polar surface area (TPSA) is 74.7 Å². The molecule has 1 aliphatic carbocycles. The van der Waals surface area contributed by atoms with Gasteiger partial charge in [0.1, 0.15) is 0 Å². The van der Waals surface area contributed by atoms with E-state index in [1.54, 1.807) is 0 Å². The third kappa shape index (κ3) is 5.43. The monoisotopic (exact) mass is 390 g/mol. The van der Waals surface area contributed by atoms with Crippen molar-refractivity contribution < 1.29 is 8.42 Å². The molecule has 1 unspecified atom stereocenters. The Bertz CT molecular complexity index is 753. The van der Waals surface area contributed by atoms with E-state index in [0.717, 1.165) is 44.7 Å². The molecule has 0 radical (unpaired) electrons. The molecule has 0 bridgehead atoms. The lowest BCUT2D eigenvalue weighted by Crippen LogP contribution is -2.46. The number of rotatable bonds is 5. The van der Waals surface area contributed by atoms with Gasteiger partial charge < -0.3 is 10.2 Å². The maximum Gasteiger partial charge on any atom is 0.194 e. The number of guanidine groups is 1. The van der Waals surface area contributed by atoms with Crippen LogP contribution in [0.25, 0.3) is 0 Å². The summed E-state index contributed by atoms with van der Waals surface area (Å²) in [6, 6.07) is 4.73. The van der Waals surface area contributed by atoms with Crippen molar-refractivity contribution in [1.29, 1.82) is 0 Å². The minimum Gasteiger partial charge on any atom is -0.354 e. The smallest absolute Gasteiger partial charge is 0.194 e. The summed E-state index contributed by atoms with van der Waals surface area (Å²) in [7, 11) is -2.82. The highest BCUT2D eigenvalue weighted by atomic mass is 32.2. The Kier molecular flexibility index (Phi) is 5.66. The second-order valence-electron chi connectivity index (χ2n) is 8.35. The van der Waals surface area contributed by atoms with Gasteiger partial charge in [-0.1, -0.05) is 6.07 Å². The lowest BCUT2D eigenvalue weighted by Gasteiger charge is -2.34. The molecular formula is C20H30N4O2S. The van der Waals surface area contributed by atoms with E-state index in [-0.39, 0.29) is 5.92 Å². The van der Waals surface area contributed by atoms with Crippen LogP contribution in [0.15, 0.2) is 29.5 Å². The summed E-state index contributed by atoms with van der Waals surface area (Å²) in [5.41, 5.74) is 1.32. The first-order valence-electron chi connectivity index (χ1n) is 10.2. The van der Waals surface area contributed by atoms with Crippen molar-refractivity contribution in [3.63, 3.8) is 0 Å². The molecule has 1 atom stereocenters. The number of aliphatic imine (C=N–C) groups is 1. The summed E-state index contributed by atoms with van der Waals surface area (Å²) in [4.78, 5) is 11.4. The number of likely N-dealkylation sites (tertiary alicyclic amines) is 1. The van der Waals surface area contributed by atoms with Crippen LogP contribution in [0.5, 0.6) is 0 Å². The van der Waals surface area contributed by atoms with Crippen molar-refractivity contribution in [3.8, 4) is 0 Å². The van der Waals surface area contributed by atoms with Crippen molar-refractivity contribution in [2.75, 3.05) is 31.1 Å². The zero-order chi connectivity index (χ0) is 18.7. The molecule has 0 spiro atoms. The van der Waals surface area contributed by atoms with Crippen LogP contribution in [0.3, 0.4) is 0 Å². The summed E-state index contributed by atoms with van der Waals surface area (Å²) in [5, 5.41) is 3.59. The van der Waals surface area contributed by atoms with Gasteiger partial charge in [-0.05, 0) is 62.0 Å². The SMILES string of the molecule is O=S1(=O)CCC(CN=C(NC2CC2)N2CCC(Cc3cccnc3)CC2)C1. The van der Waals surface area contributed by atoms with Gasteiger partial charge in [-0.25, -0.2) is 8.42 Å². The van der Waals surface area contributed by atoms with Gasteiger partial charge in [0, 0.05) is 38.1 Å². The molecular weight excluding hydrogens is 360 g/mol. The summed E-state index contributed by atoms with van der Waals surface area (Å²) in [6.45, 7) is 2.67. The van der Waals surface area contributed by atoms with E-state index in [1.165, 1.54) is 18.4 Å². The minimum absolute atomic E-state index is 0.189. The van der Waals surface area contributed by atoms with Crippen LogP contribution >= 0.6 is 0 Å². The molecule has 3 heterocycles. The van der Waals surface area contributed by atoms with Gasteiger partial charge in [0.2, 0.25) is 0 Å². The summed E-state index contributed by atoms with van der Waals surface area (Å²) >= 11 is 0. The van der Waals surface area contributed by atoms with Crippen molar-refractivity contribution in [2.24, 2.45) is 16.8 Å². The first-order valence-corrected chi connectivity index (χ1v) is 12.0. The highest BCUT2D eigenvalue weighted by molar-refractivity contribution is 7.91. The molecule has 0 aromatic carbocycles. The number of nitrogens with zero attached hydrogens (tertiary/aromatic N) is 3. The Morgan fingerprint density at radius 2 is 2.00 bits per heavy atom. The number of pyridine rings is 1. The average molecular weight is 391 g/mol. The van der Waals surface area contributed by atoms with E-state index < -0.39 is 9.84 Å². The Morgan fingerprint density at radius 3 is 2.63 bits per heavy atom. The first kappa shape index (κ1) is 18.7. The Labute approximate surface area is 162 Å². The van der Waals surface area contributed by atoms with Gasteiger partial charge in [0.25, 0.3) is 0 Å². The second kappa shape index (κ2) is 8.17. The van der Waals surface area contributed by atoms with E-state index in [2.05, 4.69) is 21.3 Å². The quantitative estimate of drug-likeness (QED) is 0.614. The van der Waals surface area contributed by atoms with Crippen molar-refractivity contribution in [1.82, 2.24) is 15.2 Å². The summed E-state index contributed by atoms with van der Waals surface area (Å²) < 4.78 is 23.4. The Morgan fingerprint density at radius 1 is 1.19 bits per heavy atom. The van der Waals surface area contributed by atoms with Crippen molar-refractivity contribution in [2.45, 2.75) is 44.6 Å².